The predicted molar refractivity (Wildman–Crippen MR) is 71.5 cm³/mol. The molecule has 2 amide bonds. The SMILES string of the molecule is CCC1C(=O)NC(C2CC2)C(=O)N1C(C)CCOC. The van der Waals surface area contributed by atoms with Crippen LogP contribution in [0.25, 0.3) is 0 Å². The van der Waals surface area contributed by atoms with E-state index in [-0.39, 0.29) is 29.9 Å². The quantitative estimate of drug-likeness (QED) is 0.779. The number of carbonyl (C=O) groups excluding carboxylic acids is 2. The van der Waals surface area contributed by atoms with E-state index in [1.165, 1.54) is 0 Å². The molecule has 3 atom stereocenters. The van der Waals surface area contributed by atoms with E-state index in [4.69, 9.17) is 4.74 Å². The highest BCUT2D eigenvalue weighted by Crippen LogP contribution is 2.35. The zero-order valence-electron chi connectivity index (χ0n) is 12.0. The summed E-state index contributed by atoms with van der Waals surface area (Å²) in [6.45, 7) is 4.56. The van der Waals surface area contributed by atoms with Gasteiger partial charge in [0, 0.05) is 19.8 Å². The number of hydrogen-bond acceptors (Lipinski definition) is 3. The monoisotopic (exact) mass is 268 g/mol. The molecule has 1 aliphatic carbocycles. The van der Waals surface area contributed by atoms with Crippen molar-refractivity contribution in [1.29, 1.82) is 0 Å². The fourth-order valence-corrected chi connectivity index (χ4v) is 2.83. The Morgan fingerprint density at radius 2 is 2.11 bits per heavy atom. The topological polar surface area (TPSA) is 58.6 Å². The smallest absolute Gasteiger partial charge is 0.246 e. The van der Waals surface area contributed by atoms with Gasteiger partial charge < -0.3 is 15.0 Å². The second-order valence-corrected chi connectivity index (χ2v) is 5.62. The molecule has 5 nitrogen and oxygen atoms in total. The van der Waals surface area contributed by atoms with Gasteiger partial charge in [-0.2, -0.15) is 0 Å². The molecule has 1 saturated carbocycles. The summed E-state index contributed by atoms with van der Waals surface area (Å²) < 4.78 is 5.08. The molecule has 1 heterocycles. The average Bonchev–Trinajstić information content (AvgIpc) is 3.21. The van der Waals surface area contributed by atoms with Gasteiger partial charge in [-0.05, 0) is 38.5 Å². The Hall–Kier alpha value is -1.10. The number of hydrogen-bond donors (Lipinski definition) is 1. The first-order valence-electron chi connectivity index (χ1n) is 7.21. The van der Waals surface area contributed by atoms with Crippen LogP contribution in [-0.4, -0.2) is 48.6 Å². The molecule has 2 fully saturated rings. The maximum Gasteiger partial charge on any atom is 0.246 e. The second-order valence-electron chi connectivity index (χ2n) is 5.62. The Kier molecular flexibility index (Phi) is 4.45. The Morgan fingerprint density at radius 3 is 2.63 bits per heavy atom. The van der Waals surface area contributed by atoms with Crippen LogP contribution in [0.5, 0.6) is 0 Å². The molecular formula is C14H24N2O3. The highest BCUT2D eigenvalue weighted by Gasteiger charge is 2.47. The third-order valence-corrected chi connectivity index (χ3v) is 4.15. The lowest BCUT2D eigenvalue weighted by molar-refractivity contribution is -0.153. The van der Waals surface area contributed by atoms with E-state index in [2.05, 4.69) is 5.32 Å². The number of nitrogens with one attached hydrogen (secondary N) is 1. The zero-order valence-corrected chi connectivity index (χ0v) is 12.0. The summed E-state index contributed by atoms with van der Waals surface area (Å²) in [4.78, 5) is 26.6. The van der Waals surface area contributed by atoms with Crippen LogP contribution in [-0.2, 0) is 14.3 Å². The summed E-state index contributed by atoms with van der Waals surface area (Å²) >= 11 is 0. The van der Waals surface area contributed by atoms with Crippen LogP contribution in [0.1, 0.15) is 39.5 Å². The van der Waals surface area contributed by atoms with Gasteiger partial charge in [-0.15, -0.1) is 0 Å². The average molecular weight is 268 g/mol. The second kappa shape index (κ2) is 5.90. The van der Waals surface area contributed by atoms with Crippen LogP contribution < -0.4 is 5.32 Å². The van der Waals surface area contributed by atoms with Crippen LogP contribution in [0.15, 0.2) is 0 Å². The third kappa shape index (κ3) is 2.91. The van der Waals surface area contributed by atoms with Crippen molar-refractivity contribution < 1.29 is 14.3 Å². The molecule has 0 aromatic heterocycles. The van der Waals surface area contributed by atoms with Crippen molar-refractivity contribution in [3.63, 3.8) is 0 Å². The van der Waals surface area contributed by atoms with Crippen LogP contribution in [0.2, 0.25) is 0 Å². The van der Waals surface area contributed by atoms with Crippen molar-refractivity contribution in [2.24, 2.45) is 5.92 Å². The molecule has 1 saturated heterocycles. The fraction of sp³-hybridized carbons (Fsp3) is 0.857. The van der Waals surface area contributed by atoms with Gasteiger partial charge in [-0.3, -0.25) is 9.59 Å². The number of nitrogens with zero attached hydrogens (tertiary/aromatic N) is 1. The highest BCUT2D eigenvalue weighted by molar-refractivity contribution is 5.97. The summed E-state index contributed by atoms with van der Waals surface area (Å²) in [5.41, 5.74) is 0. The number of amides is 2. The van der Waals surface area contributed by atoms with Crippen molar-refractivity contribution >= 4 is 11.8 Å². The Labute approximate surface area is 114 Å². The molecule has 0 radical (unpaired) electrons. The van der Waals surface area contributed by atoms with Crippen molar-refractivity contribution in [3.8, 4) is 0 Å². The summed E-state index contributed by atoms with van der Waals surface area (Å²) in [5, 5.41) is 2.91. The van der Waals surface area contributed by atoms with E-state index >= 15 is 0 Å². The van der Waals surface area contributed by atoms with E-state index in [1.54, 1.807) is 12.0 Å². The van der Waals surface area contributed by atoms with Crippen molar-refractivity contribution in [3.05, 3.63) is 0 Å². The first-order valence-corrected chi connectivity index (χ1v) is 7.21. The lowest BCUT2D eigenvalue weighted by Crippen LogP contribution is -2.65. The number of piperazine rings is 1. The van der Waals surface area contributed by atoms with Gasteiger partial charge in [0.25, 0.3) is 0 Å². The van der Waals surface area contributed by atoms with E-state index in [0.717, 1.165) is 19.3 Å². The summed E-state index contributed by atoms with van der Waals surface area (Å²) in [5.74, 6) is 0.451. The molecule has 0 bridgehead atoms. The molecule has 108 valence electrons. The standard InChI is InChI=1S/C14H24N2O3/c1-4-11-13(17)15-12(10-5-6-10)14(18)16(11)9(2)7-8-19-3/h9-12H,4-8H2,1-3H3,(H,15,17). The van der Waals surface area contributed by atoms with Gasteiger partial charge in [0.1, 0.15) is 12.1 Å². The van der Waals surface area contributed by atoms with E-state index < -0.39 is 0 Å². The molecule has 1 N–H and O–H groups in total. The van der Waals surface area contributed by atoms with E-state index in [9.17, 15) is 9.59 Å². The lowest BCUT2D eigenvalue weighted by Gasteiger charge is -2.42. The number of ether oxygens (including phenoxy) is 1. The number of methoxy groups -OCH3 is 1. The molecule has 5 heteroatoms. The molecule has 0 aromatic rings. The number of carbonyl (C=O) groups is 2. The lowest BCUT2D eigenvalue weighted by atomic mass is 9.99. The summed E-state index contributed by atoms with van der Waals surface area (Å²) in [6, 6.07) is -0.570. The van der Waals surface area contributed by atoms with Crippen LogP contribution in [0.4, 0.5) is 0 Å². The summed E-state index contributed by atoms with van der Waals surface area (Å²) in [7, 11) is 1.65. The molecule has 0 aromatic carbocycles. The molecule has 19 heavy (non-hydrogen) atoms. The predicted octanol–water partition coefficient (Wildman–Crippen LogP) is 0.927. The molecule has 1 aliphatic heterocycles. The maximum absolute atomic E-state index is 12.6. The maximum atomic E-state index is 12.6. The number of rotatable bonds is 6. The van der Waals surface area contributed by atoms with Gasteiger partial charge in [-0.1, -0.05) is 6.92 Å². The van der Waals surface area contributed by atoms with Crippen molar-refractivity contribution in [1.82, 2.24) is 10.2 Å². The van der Waals surface area contributed by atoms with Crippen molar-refractivity contribution in [2.75, 3.05) is 13.7 Å². The molecular weight excluding hydrogens is 244 g/mol. The Balaban J connectivity index is 2.13. The largest absolute Gasteiger partial charge is 0.385 e. The van der Waals surface area contributed by atoms with Crippen LogP contribution >= 0.6 is 0 Å². The van der Waals surface area contributed by atoms with Gasteiger partial charge >= 0.3 is 0 Å². The van der Waals surface area contributed by atoms with Gasteiger partial charge in [0.2, 0.25) is 11.8 Å². The highest BCUT2D eigenvalue weighted by atomic mass is 16.5. The fourth-order valence-electron chi connectivity index (χ4n) is 2.83. The Morgan fingerprint density at radius 1 is 1.42 bits per heavy atom. The Bertz CT molecular complexity index is 355. The summed E-state index contributed by atoms with van der Waals surface area (Å²) in [6.07, 6.45) is 3.53. The van der Waals surface area contributed by atoms with Crippen molar-refractivity contribution in [2.45, 2.75) is 57.7 Å². The first kappa shape index (κ1) is 14.3. The normalized spacial score (nSPS) is 29.3. The molecule has 3 unspecified atom stereocenters. The minimum Gasteiger partial charge on any atom is -0.385 e. The van der Waals surface area contributed by atoms with Crippen LogP contribution in [0.3, 0.4) is 0 Å². The molecule has 2 rings (SSSR count). The van der Waals surface area contributed by atoms with Gasteiger partial charge in [0.15, 0.2) is 0 Å². The molecule has 0 spiro atoms. The third-order valence-electron chi connectivity index (χ3n) is 4.15. The van der Waals surface area contributed by atoms with Gasteiger partial charge in [-0.25, -0.2) is 0 Å². The van der Waals surface area contributed by atoms with Gasteiger partial charge in [0.05, 0.1) is 0 Å². The first-order chi connectivity index (χ1) is 9.10. The van der Waals surface area contributed by atoms with E-state index in [0.29, 0.717) is 18.9 Å². The minimum atomic E-state index is -0.325. The molecule has 2 aliphatic rings. The zero-order chi connectivity index (χ0) is 14.0. The minimum absolute atomic E-state index is 0.00302. The van der Waals surface area contributed by atoms with Crippen LogP contribution in [0, 0.1) is 5.92 Å². The van der Waals surface area contributed by atoms with E-state index in [1.807, 2.05) is 13.8 Å².